The largest absolute Gasteiger partial charge is 0.283 e. The average Bonchev–Trinajstić information content (AvgIpc) is 2.85. The third-order valence-electron chi connectivity index (χ3n) is 2.33. The molecule has 0 saturated heterocycles. The Morgan fingerprint density at radius 1 is 1.47 bits per heavy atom. The molecule has 2 aromatic rings. The SMILES string of the molecule is CC(C)c1csc(NS(=O)(=O)c2c(Br)nnn2C)n1. The Morgan fingerprint density at radius 2 is 2.16 bits per heavy atom. The van der Waals surface area contributed by atoms with Crippen LogP contribution in [0, 0.1) is 0 Å². The van der Waals surface area contributed by atoms with Crippen LogP contribution in [0.2, 0.25) is 0 Å². The Bertz CT molecular complexity index is 672. The van der Waals surface area contributed by atoms with Crippen molar-refractivity contribution in [3.05, 3.63) is 15.7 Å². The van der Waals surface area contributed by atoms with Gasteiger partial charge in [0.15, 0.2) is 9.73 Å². The Morgan fingerprint density at radius 3 is 2.63 bits per heavy atom. The Hall–Kier alpha value is -1.00. The van der Waals surface area contributed by atoms with Crippen LogP contribution in [0.25, 0.3) is 0 Å². The first-order valence-electron chi connectivity index (χ1n) is 5.34. The molecule has 2 aromatic heterocycles. The summed E-state index contributed by atoms with van der Waals surface area (Å²) in [6.45, 7) is 3.99. The van der Waals surface area contributed by atoms with Gasteiger partial charge in [0, 0.05) is 12.4 Å². The number of anilines is 1. The highest BCUT2D eigenvalue weighted by atomic mass is 79.9. The number of aryl methyl sites for hydroxylation is 1. The highest BCUT2D eigenvalue weighted by Crippen LogP contribution is 2.25. The second-order valence-electron chi connectivity index (χ2n) is 4.15. The molecular formula is C9H12BrN5O2S2. The Kier molecular flexibility index (Phi) is 3.92. The number of halogens is 1. The molecule has 0 aliphatic heterocycles. The lowest BCUT2D eigenvalue weighted by Gasteiger charge is -2.05. The van der Waals surface area contributed by atoms with Crippen LogP contribution in [0.15, 0.2) is 15.0 Å². The molecule has 0 aliphatic rings. The van der Waals surface area contributed by atoms with Gasteiger partial charge >= 0.3 is 0 Å². The molecule has 0 bridgehead atoms. The molecule has 19 heavy (non-hydrogen) atoms. The predicted octanol–water partition coefficient (Wildman–Crippen LogP) is 1.96. The molecule has 0 fully saturated rings. The van der Waals surface area contributed by atoms with Crippen molar-refractivity contribution in [3.63, 3.8) is 0 Å². The zero-order chi connectivity index (χ0) is 14.2. The molecule has 0 aromatic carbocycles. The van der Waals surface area contributed by atoms with E-state index in [1.165, 1.54) is 23.1 Å². The maximum atomic E-state index is 12.2. The second-order valence-corrected chi connectivity index (χ2v) is 7.35. The van der Waals surface area contributed by atoms with Gasteiger partial charge in [-0.3, -0.25) is 4.72 Å². The minimum atomic E-state index is -3.75. The number of nitrogens with one attached hydrogen (secondary N) is 1. The summed E-state index contributed by atoms with van der Waals surface area (Å²) < 4.78 is 28.2. The Balaban J connectivity index is 2.31. The monoisotopic (exact) mass is 365 g/mol. The number of rotatable bonds is 4. The molecule has 0 atom stereocenters. The highest BCUT2D eigenvalue weighted by molar-refractivity contribution is 9.10. The highest BCUT2D eigenvalue weighted by Gasteiger charge is 2.25. The van der Waals surface area contributed by atoms with Crippen LogP contribution in [0.1, 0.15) is 25.5 Å². The summed E-state index contributed by atoms with van der Waals surface area (Å²) in [5, 5.41) is 9.42. The van der Waals surface area contributed by atoms with Gasteiger partial charge in [-0.25, -0.2) is 9.67 Å². The molecule has 0 spiro atoms. The van der Waals surface area contributed by atoms with Crippen LogP contribution in [-0.2, 0) is 17.1 Å². The molecule has 0 saturated carbocycles. The minimum Gasteiger partial charge on any atom is -0.253 e. The smallest absolute Gasteiger partial charge is 0.253 e. The van der Waals surface area contributed by atoms with Crippen molar-refractivity contribution >= 4 is 42.4 Å². The van der Waals surface area contributed by atoms with Crippen molar-refractivity contribution in [1.82, 2.24) is 20.0 Å². The quantitative estimate of drug-likeness (QED) is 0.894. The van der Waals surface area contributed by atoms with Gasteiger partial charge in [0.25, 0.3) is 10.0 Å². The zero-order valence-electron chi connectivity index (χ0n) is 10.5. The van der Waals surface area contributed by atoms with E-state index in [2.05, 4.69) is 35.9 Å². The third kappa shape index (κ3) is 2.95. The van der Waals surface area contributed by atoms with Crippen molar-refractivity contribution < 1.29 is 8.42 Å². The summed E-state index contributed by atoms with van der Waals surface area (Å²) in [6.07, 6.45) is 0. The van der Waals surface area contributed by atoms with Gasteiger partial charge in [-0.1, -0.05) is 19.1 Å². The number of sulfonamides is 1. The fourth-order valence-corrected chi connectivity index (χ4v) is 4.59. The number of nitrogens with zero attached hydrogens (tertiary/aromatic N) is 4. The first-order chi connectivity index (χ1) is 8.81. The number of hydrogen-bond donors (Lipinski definition) is 1. The second kappa shape index (κ2) is 5.17. The van der Waals surface area contributed by atoms with Gasteiger partial charge in [-0.2, -0.15) is 8.42 Å². The van der Waals surface area contributed by atoms with Crippen LogP contribution in [-0.4, -0.2) is 28.4 Å². The molecule has 7 nitrogen and oxygen atoms in total. The Labute approximate surface area is 123 Å². The summed E-state index contributed by atoms with van der Waals surface area (Å²) in [7, 11) is -2.25. The average molecular weight is 366 g/mol. The number of hydrogen-bond acceptors (Lipinski definition) is 6. The van der Waals surface area contributed by atoms with Gasteiger partial charge in [0.2, 0.25) is 5.03 Å². The van der Waals surface area contributed by atoms with E-state index >= 15 is 0 Å². The third-order valence-corrected chi connectivity index (χ3v) is 5.46. The molecular weight excluding hydrogens is 354 g/mol. The fraction of sp³-hybridized carbons (Fsp3) is 0.444. The van der Waals surface area contributed by atoms with Crippen LogP contribution < -0.4 is 4.72 Å². The first-order valence-corrected chi connectivity index (χ1v) is 8.50. The van der Waals surface area contributed by atoms with Crippen molar-refractivity contribution in [2.75, 3.05) is 4.72 Å². The van der Waals surface area contributed by atoms with Crippen molar-refractivity contribution in [2.45, 2.75) is 24.8 Å². The van der Waals surface area contributed by atoms with Crippen molar-refractivity contribution in [3.8, 4) is 0 Å². The summed E-state index contributed by atoms with van der Waals surface area (Å²) >= 11 is 4.31. The topological polar surface area (TPSA) is 89.8 Å². The van der Waals surface area contributed by atoms with Gasteiger partial charge in [0.05, 0.1) is 5.69 Å². The van der Waals surface area contributed by atoms with Gasteiger partial charge in [-0.15, -0.1) is 16.4 Å². The number of thiazole rings is 1. The van der Waals surface area contributed by atoms with Gasteiger partial charge in [-0.05, 0) is 21.8 Å². The minimum absolute atomic E-state index is 0.0335. The van der Waals surface area contributed by atoms with Gasteiger partial charge < -0.3 is 0 Å². The lowest BCUT2D eigenvalue weighted by molar-refractivity contribution is 0.578. The van der Waals surface area contributed by atoms with E-state index in [1.54, 1.807) is 0 Å². The van der Waals surface area contributed by atoms with E-state index in [9.17, 15) is 8.42 Å². The van der Waals surface area contributed by atoms with E-state index < -0.39 is 10.0 Å². The summed E-state index contributed by atoms with van der Waals surface area (Å²) in [5.41, 5.74) is 0.852. The lowest BCUT2D eigenvalue weighted by Crippen LogP contribution is -2.17. The molecule has 0 aliphatic carbocycles. The van der Waals surface area contributed by atoms with Crippen LogP contribution >= 0.6 is 27.3 Å². The molecule has 104 valence electrons. The van der Waals surface area contributed by atoms with E-state index in [0.717, 1.165) is 5.69 Å². The van der Waals surface area contributed by atoms with Crippen LogP contribution in [0.4, 0.5) is 5.13 Å². The molecule has 10 heteroatoms. The lowest BCUT2D eigenvalue weighted by atomic mass is 10.2. The zero-order valence-corrected chi connectivity index (χ0v) is 13.7. The van der Waals surface area contributed by atoms with Crippen molar-refractivity contribution in [2.24, 2.45) is 7.05 Å². The first kappa shape index (κ1) is 14.4. The van der Waals surface area contributed by atoms with E-state index in [4.69, 9.17) is 0 Å². The summed E-state index contributed by atoms with van der Waals surface area (Å²) in [6, 6.07) is 0. The summed E-state index contributed by atoms with van der Waals surface area (Å²) in [4.78, 5) is 4.23. The van der Waals surface area contributed by atoms with E-state index in [1.807, 2.05) is 19.2 Å². The maximum absolute atomic E-state index is 12.2. The predicted molar refractivity (Wildman–Crippen MR) is 75.7 cm³/mol. The van der Waals surface area contributed by atoms with Crippen LogP contribution in [0.5, 0.6) is 0 Å². The van der Waals surface area contributed by atoms with E-state index in [-0.39, 0.29) is 15.5 Å². The van der Waals surface area contributed by atoms with Crippen LogP contribution in [0.3, 0.4) is 0 Å². The van der Waals surface area contributed by atoms with Crippen molar-refractivity contribution in [1.29, 1.82) is 0 Å². The standard InChI is InChI=1S/C9H12BrN5O2S2/c1-5(2)6-4-18-9(11-6)13-19(16,17)8-7(10)12-14-15(8)3/h4-5H,1-3H3,(H,11,13). The molecule has 0 radical (unpaired) electrons. The summed E-state index contributed by atoms with van der Waals surface area (Å²) in [5.74, 6) is 0.250. The number of aromatic nitrogens is 4. The molecule has 2 heterocycles. The molecule has 2 rings (SSSR count). The van der Waals surface area contributed by atoms with E-state index in [0.29, 0.717) is 5.13 Å². The molecule has 0 amide bonds. The maximum Gasteiger partial charge on any atom is 0.283 e. The normalized spacial score (nSPS) is 12.1. The fourth-order valence-electron chi connectivity index (χ4n) is 1.37. The molecule has 1 N–H and O–H groups in total. The van der Waals surface area contributed by atoms with Gasteiger partial charge in [0.1, 0.15) is 0 Å². The molecule has 0 unspecified atom stereocenters.